The Kier molecular flexibility index (Phi) is 4.48. The average molecular weight is 287 g/mol. The number of hydrogen-bond acceptors (Lipinski definition) is 3. The van der Waals surface area contributed by atoms with Crippen molar-refractivity contribution in [1.82, 2.24) is 5.32 Å². The van der Waals surface area contributed by atoms with Crippen LogP contribution in [-0.4, -0.2) is 22.7 Å². The lowest BCUT2D eigenvalue weighted by Crippen LogP contribution is -2.26. The van der Waals surface area contributed by atoms with Gasteiger partial charge in [0.15, 0.2) is 0 Å². The summed E-state index contributed by atoms with van der Waals surface area (Å²) in [5.74, 6) is 1.69. The number of fused-ring (bicyclic) bond motifs is 1. The zero-order valence-corrected chi connectivity index (χ0v) is 12.5. The van der Waals surface area contributed by atoms with Crippen molar-refractivity contribution in [3.63, 3.8) is 0 Å². The third-order valence-corrected chi connectivity index (χ3v) is 5.36. The van der Waals surface area contributed by atoms with E-state index in [4.69, 9.17) is 0 Å². The molecular formula is C17H21NOS. The Labute approximate surface area is 124 Å². The number of phenols is 1. The zero-order valence-electron chi connectivity index (χ0n) is 11.6. The number of phenolic OH excluding ortho intramolecular Hbond substituents is 1. The van der Waals surface area contributed by atoms with Crippen LogP contribution in [0.3, 0.4) is 0 Å². The Morgan fingerprint density at radius 3 is 2.90 bits per heavy atom. The van der Waals surface area contributed by atoms with E-state index in [2.05, 4.69) is 29.2 Å². The smallest absolute Gasteiger partial charge is 0.120 e. The highest BCUT2D eigenvalue weighted by atomic mass is 32.2. The van der Waals surface area contributed by atoms with Crippen molar-refractivity contribution in [3.8, 4) is 5.75 Å². The predicted octanol–water partition coefficient (Wildman–Crippen LogP) is 3.92. The first-order valence-corrected chi connectivity index (χ1v) is 8.41. The Morgan fingerprint density at radius 2 is 2.05 bits per heavy atom. The molecule has 2 aromatic carbocycles. The van der Waals surface area contributed by atoms with Gasteiger partial charge in [0.1, 0.15) is 5.75 Å². The summed E-state index contributed by atoms with van der Waals surface area (Å²) in [6.07, 6.45) is 4.04. The number of thioether (sulfide) groups is 1. The fourth-order valence-corrected chi connectivity index (χ4v) is 4.11. The zero-order chi connectivity index (χ0) is 13.8. The van der Waals surface area contributed by atoms with Gasteiger partial charge in [-0.1, -0.05) is 36.8 Å². The summed E-state index contributed by atoms with van der Waals surface area (Å²) in [4.78, 5) is 0. The van der Waals surface area contributed by atoms with Crippen LogP contribution < -0.4 is 5.32 Å². The van der Waals surface area contributed by atoms with Crippen LogP contribution in [0.2, 0.25) is 0 Å². The van der Waals surface area contributed by atoms with Gasteiger partial charge in [-0.3, -0.25) is 0 Å². The van der Waals surface area contributed by atoms with Gasteiger partial charge in [0.2, 0.25) is 0 Å². The highest BCUT2D eigenvalue weighted by molar-refractivity contribution is 7.99. The molecule has 1 aliphatic heterocycles. The molecule has 0 saturated carbocycles. The van der Waals surface area contributed by atoms with E-state index in [0.29, 0.717) is 5.75 Å². The van der Waals surface area contributed by atoms with Crippen LogP contribution in [0.15, 0.2) is 36.4 Å². The predicted molar refractivity (Wildman–Crippen MR) is 87.4 cm³/mol. The summed E-state index contributed by atoms with van der Waals surface area (Å²) in [5.41, 5.74) is 1.02. The van der Waals surface area contributed by atoms with Crippen LogP contribution in [-0.2, 0) is 6.54 Å². The fourth-order valence-electron chi connectivity index (χ4n) is 2.84. The van der Waals surface area contributed by atoms with Crippen LogP contribution in [0.25, 0.3) is 10.8 Å². The lowest BCUT2D eigenvalue weighted by molar-refractivity contribution is 0.465. The minimum atomic E-state index is 0.396. The standard InChI is InChI=1S/C17H21NOS/c19-17-9-8-13-5-1-2-7-15(13)16(17)12-18-11-14-6-3-4-10-20-14/h1-2,5,7-9,14,18-19H,3-4,6,10-12H2. The van der Waals surface area contributed by atoms with Crippen LogP contribution in [0, 0.1) is 0 Å². The van der Waals surface area contributed by atoms with Crippen molar-refractivity contribution < 1.29 is 5.11 Å². The first kappa shape index (κ1) is 13.8. The van der Waals surface area contributed by atoms with Gasteiger partial charge in [-0.05, 0) is 35.4 Å². The monoisotopic (exact) mass is 287 g/mol. The van der Waals surface area contributed by atoms with E-state index in [0.717, 1.165) is 29.3 Å². The van der Waals surface area contributed by atoms with Gasteiger partial charge in [0.25, 0.3) is 0 Å². The second-order valence-corrected chi connectivity index (χ2v) is 6.81. The lowest BCUT2D eigenvalue weighted by atomic mass is 10.0. The lowest BCUT2D eigenvalue weighted by Gasteiger charge is -2.21. The first-order chi connectivity index (χ1) is 9.84. The van der Waals surface area contributed by atoms with Crippen LogP contribution in [0.4, 0.5) is 0 Å². The Bertz CT molecular complexity index is 578. The number of aromatic hydroxyl groups is 1. The molecule has 0 aliphatic carbocycles. The molecule has 2 N–H and O–H groups in total. The van der Waals surface area contributed by atoms with Crippen molar-refractivity contribution >= 4 is 22.5 Å². The third-order valence-electron chi connectivity index (χ3n) is 3.96. The molecule has 106 valence electrons. The van der Waals surface area contributed by atoms with Gasteiger partial charge < -0.3 is 10.4 Å². The van der Waals surface area contributed by atoms with E-state index in [1.807, 2.05) is 18.2 Å². The quantitative estimate of drug-likeness (QED) is 0.894. The fraction of sp³-hybridized carbons (Fsp3) is 0.412. The van der Waals surface area contributed by atoms with E-state index in [1.165, 1.54) is 30.4 Å². The highest BCUT2D eigenvalue weighted by Crippen LogP contribution is 2.28. The molecule has 2 nitrogen and oxygen atoms in total. The van der Waals surface area contributed by atoms with Gasteiger partial charge in [0.05, 0.1) is 0 Å². The summed E-state index contributed by atoms with van der Waals surface area (Å²) < 4.78 is 0. The van der Waals surface area contributed by atoms with E-state index >= 15 is 0 Å². The summed E-state index contributed by atoms with van der Waals surface area (Å²) in [6.45, 7) is 1.78. The largest absolute Gasteiger partial charge is 0.508 e. The molecule has 3 heteroatoms. The summed E-state index contributed by atoms with van der Waals surface area (Å²) in [6, 6.07) is 12.0. The molecule has 1 saturated heterocycles. The number of benzene rings is 2. The Hall–Kier alpha value is -1.19. The molecule has 0 bridgehead atoms. The molecular weight excluding hydrogens is 266 g/mol. The first-order valence-electron chi connectivity index (χ1n) is 7.36. The maximum absolute atomic E-state index is 10.1. The molecule has 0 aromatic heterocycles. The van der Waals surface area contributed by atoms with Crippen LogP contribution in [0.5, 0.6) is 5.75 Å². The van der Waals surface area contributed by atoms with E-state index in [1.54, 1.807) is 6.07 Å². The third kappa shape index (κ3) is 3.10. The summed E-state index contributed by atoms with van der Waals surface area (Å²) in [5, 5.41) is 16.7. The van der Waals surface area contributed by atoms with Crippen molar-refractivity contribution in [2.45, 2.75) is 31.1 Å². The molecule has 1 aliphatic rings. The van der Waals surface area contributed by atoms with Crippen LogP contribution in [0.1, 0.15) is 24.8 Å². The highest BCUT2D eigenvalue weighted by Gasteiger charge is 2.14. The second-order valence-electron chi connectivity index (χ2n) is 5.40. The summed E-state index contributed by atoms with van der Waals surface area (Å²) >= 11 is 2.08. The number of hydrogen-bond donors (Lipinski definition) is 2. The van der Waals surface area contributed by atoms with Crippen molar-refractivity contribution in [2.24, 2.45) is 0 Å². The molecule has 0 radical (unpaired) electrons. The topological polar surface area (TPSA) is 32.3 Å². The van der Waals surface area contributed by atoms with E-state index in [9.17, 15) is 5.11 Å². The molecule has 20 heavy (non-hydrogen) atoms. The van der Waals surface area contributed by atoms with Gasteiger partial charge in [0, 0.05) is 23.9 Å². The van der Waals surface area contributed by atoms with Crippen molar-refractivity contribution in [1.29, 1.82) is 0 Å². The summed E-state index contributed by atoms with van der Waals surface area (Å²) in [7, 11) is 0. The van der Waals surface area contributed by atoms with E-state index in [-0.39, 0.29) is 0 Å². The number of rotatable bonds is 4. The minimum absolute atomic E-state index is 0.396. The normalized spacial score (nSPS) is 19.3. The van der Waals surface area contributed by atoms with Crippen molar-refractivity contribution in [3.05, 3.63) is 42.0 Å². The molecule has 3 rings (SSSR count). The van der Waals surface area contributed by atoms with Crippen LogP contribution >= 0.6 is 11.8 Å². The maximum Gasteiger partial charge on any atom is 0.120 e. The van der Waals surface area contributed by atoms with Gasteiger partial charge in [-0.25, -0.2) is 0 Å². The van der Waals surface area contributed by atoms with Crippen molar-refractivity contribution in [2.75, 3.05) is 12.3 Å². The van der Waals surface area contributed by atoms with Gasteiger partial charge in [-0.2, -0.15) is 11.8 Å². The van der Waals surface area contributed by atoms with Gasteiger partial charge >= 0.3 is 0 Å². The minimum Gasteiger partial charge on any atom is -0.508 e. The molecule has 1 unspecified atom stereocenters. The van der Waals surface area contributed by atoms with E-state index < -0.39 is 0 Å². The molecule has 1 atom stereocenters. The maximum atomic E-state index is 10.1. The molecule has 1 heterocycles. The Balaban J connectivity index is 1.68. The average Bonchev–Trinajstić information content (AvgIpc) is 2.50. The molecule has 0 amide bonds. The SMILES string of the molecule is Oc1ccc2ccccc2c1CNCC1CCCCS1. The van der Waals surface area contributed by atoms with Gasteiger partial charge in [-0.15, -0.1) is 0 Å². The number of nitrogens with one attached hydrogen (secondary N) is 1. The molecule has 1 fully saturated rings. The second kappa shape index (κ2) is 6.51. The molecule has 2 aromatic rings. The Morgan fingerprint density at radius 1 is 1.15 bits per heavy atom. The molecule has 0 spiro atoms.